The highest BCUT2D eigenvalue weighted by Gasteiger charge is 2.21. The number of hydrogen-bond donors (Lipinski definition) is 0. The number of sulfone groups is 1. The number of nitrogens with zero attached hydrogens (tertiary/aromatic N) is 2. The van der Waals surface area contributed by atoms with Gasteiger partial charge in [-0.3, -0.25) is 15.0 Å². The summed E-state index contributed by atoms with van der Waals surface area (Å²) < 4.78 is 23.0. The maximum absolute atomic E-state index is 11.5. The van der Waals surface area contributed by atoms with Crippen molar-refractivity contribution in [3.63, 3.8) is 0 Å². The van der Waals surface area contributed by atoms with E-state index in [1.54, 1.807) is 18.2 Å². The molecule has 0 spiro atoms. The number of benzene rings is 1. The fourth-order valence-electron chi connectivity index (χ4n) is 2.21. The largest absolute Gasteiger partial charge is 0.298 e. The second kappa shape index (κ2) is 5.66. The van der Waals surface area contributed by atoms with Crippen molar-refractivity contribution in [3.8, 4) is 0 Å². The van der Waals surface area contributed by atoms with Crippen molar-refractivity contribution >= 4 is 15.5 Å². The molecule has 0 bridgehead atoms. The van der Waals surface area contributed by atoms with Crippen molar-refractivity contribution in [2.24, 2.45) is 0 Å². The molecule has 0 atom stereocenters. The summed E-state index contributed by atoms with van der Waals surface area (Å²) in [5, 5.41) is 10.9. The molecule has 0 radical (unpaired) electrons. The van der Waals surface area contributed by atoms with Gasteiger partial charge in [0.25, 0.3) is 5.69 Å². The maximum Gasteiger partial charge on any atom is 0.273 e. The Morgan fingerprint density at radius 3 is 2.68 bits per heavy atom. The maximum atomic E-state index is 11.5. The van der Waals surface area contributed by atoms with Gasteiger partial charge in [0.05, 0.1) is 16.4 Å². The number of nitro benzene ring substituents is 1. The summed E-state index contributed by atoms with van der Waals surface area (Å²) in [6, 6.07) is 6.59. The zero-order chi connectivity index (χ0) is 13.9. The summed E-state index contributed by atoms with van der Waals surface area (Å²) in [6.07, 6.45) is 0.586. The summed E-state index contributed by atoms with van der Waals surface area (Å²) in [4.78, 5) is 12.5. The lowest BCUT2D eigenvalue weighted by Gasteiger charge is -2.18. The molecule has 2 rings (SSSR count). The first-order valence-corrected chi connectivity index (χ1v) is 7.95. The Balaban J connectivity index is 2.11. The molecule has 7 heteroatoms. The summed E-state index contributed by atoms with van der Waals surface area (Å²) in [7, 11) is -2.95. The fraction of sp³-hybridized carbons (Fsp3) is 0.500. The van der Waals surface area contributed by atoms with E-state index in [2.05, 4.69) is 0 Å². The van der Waals surface area contributed by atoms with Crippen LogP contribution in [-0.2, 0) is 16.4 Å². The molecule has 1 saturated heterocycles. The minimum absolute atomic E-state index is 0.0922. The van der Waals surface area contributed by atoms with Crippen LogP contribution in [-0.4, -0.2) is 42.8 Å². The lowest BCUT2D eigenvalue weighted by Crippen LogP contribution is -2.26. The molecule has 1 aliphatic heterocycles. The number of para-hydroxylation sites is 1. The lowest BCUT2D eigenvalue weighted by molar-refractivity contribution is -0.385. The van der Waals surface area contributed by atoms with Gasteiger partial charge in [-0.15, -0.1) is 0 Å². The zero-order valence-corrected chi connectivity index (χ0v) is 11.3. The predicted molar refractivity (Wildman–Crippen MR) is 71.6 cm³/mol. The molecule has 1 aliphatic rings. The summed E-state index contributed by atoms with van der Waals surface area (Å²) in [5.74, 6) is 0.341. The van der Waals surface area contributed by atoms with Gasteiger partial charge < -0.3 is 0 Å². The summed E-state index contributed by atoms with van der Waals surface area (Å²) in [6.45, 7) is 1.52. The van der Waals surface area contributed by atoms with Crippen LogP contribution in [0.15, 0.2) is 24.3 Å². The van der Waals surface area contributed by atoms with Crippen LogP contribution in [0, 0.1) is 10.1 Å². The number of rotatable bonds is 3. The average Bonchev–Trinajstić information content (AvgIpc) is 2.51. The second-order valence-electron chi connectivity index (χ2n) is 4.67. The van der Waals surface area contributed by atoms with Crippen LogP contribution in [0.25, 0.3) is 0 Å². The Hall–Kier alpha value is -1.47. The Morgan fingerprint density at radius 2 is 1.95 bits per heavy atom. The van der Waals surface area contributed by atoms with Crippen LogP contribution < -0.4 is 0 Å². The lowest BCUT2D eigenvalue weighted by atomic mass is 10.1. The monoisotopic (exact) mass is 284 g/mol. The summed E-state index contributed by atoms with van der Waals surface area (Å²) >= 11 is 0. The van der Waals surface area contributed by atoms with Crippen molar-refractivity contribution < 1.29 is 13.3 Å². The highest BCUT2D eigenvalue weighted by atomic mass is 32.2. The molecular weight excluding hydrogens is 268 g/mol. The standard InChI is InChI=1S/C12H16N2O4S/c15-14(16)12-5-2-1-4-11(12)10-13-6-3-8-19(17,18)9-7-13/h1-2,4-5H,3,6-10H2. The molecule has 1 fully saturated rings. The van der Waals surface area contributed by atoms with Gasteiger partial charge in [-0.05, 0) is 13.0 Å². The third-order valence-electron chi connectivity index (χ3n) is 3.23. The topological polar surface area (TPSA) is 80.5 Å². The molecule has 104 valence electrons. The first-order chi connectivity index (χ1) is 8.98. The third-order valence-corrected chi connectivity index (χ3v) is 4.95. The van der Waals surface area contributed by atoms with Crippen LogP contribution in [0.5, 0.6) is 0 Å². The molecule has 0 N–H and O–H groups in total. The van der Waals surface area contributed by atoms with E-state index in [0.29, 0.717) is 31.6 Å². The first-order valence-electron chi connectivity index (χ1n) is 6.13. The van der Waals surface area contributed by atoms with Crippen molar-refractivity contribution in [1.29, 1.82) is 0 Å². The molecule has 1 aromatic carbocycles. The van der Waals surface area contributed by atoms with Gasteiger partial charge in [0, 0.05) is 24.7 Å². The van der Waals surface area contributed by atoms with Crippen LogP contribution in [0.4, 0.5) is 5.69 Å². The van der Waals surface area contributed by atoms with E-state index in [-0.39, 0.29) is 17.2 Å². The smallest absolute Gasteiger partial charge is 0.273 e. The van der Waals surface area contributed by atoms with Gasteiger partial charge in [0.1, 0.15) is 0 Å². The van der Waals surface area contributed by atoms with Crippen LogP contribution >= 0.6 is 0 Å². The minimum Gasteiger partial charge on any atom is -0.298 e. The molecular formula is C12H16N2O4S. The van der Waals surface area contributed by atoms with Gasteiger partial charge in [-0.2, -0.15) is 0 Å². The van der Waals surface area contributed by atoms with Gasteiger partial charge in [-0.1, -0.05) is 18.2 Å². The Kier molecular flexibility index (Phi) is 4.16. The molecule has 0 aliphatic carbocycles. The van der Waals surface area contributed by atoms with Crippen molar-refractivity contribution in [2.75, 3.05) is 24.6 Å². The van der Waals surface area contributed by atoms with E-state index in [1.807, 2.05) is 4.90 Å². The molecule has 19 heavy (non-hydrogen) atoms. The molecule has 0 saturated carbocycles. The van der Waals surface area contributed by atoms with E-state index in [9.17, 15) is 18.5 Å². The highest BCUT2D eigenvalue weighted by Crippen LogP contribution is 2.20. The highest BCUT2D eigenvalue weighted by molar-refractivity contribution is 7.91. The van der Waals surface area contributed by atoms with Crippen molar-refractivity contribution in [2.45, 2.75) is 13.0 Å². The van der Waals surface area contributed by atoms with Crippen molar-refractivity contribution in [3.05, 3.63) is 39.9 Å². The fourth-order valence-corrected chi connectivity index (χ4v) is 3.52. The molecule has 6 nitrogen and oxygen atoms in total. The number of hydrogen-bond acceptors (Lipinski definition) is 5. The van der Waals surface area contributed by atoms with E-state index in [0.717, 1.165) is 0 Å². The predicted octanol–water partition coefficient (Wildman–Crippen LogP) is 1.22. The van der Waals surface area contributed by atoms with E-state index in [1.165, 1.54) is 6.07 Å². The average molecular weight is 284 g/mol. The number of nitro groups is 1. The van der Waals surface area contributed by atoms with Crippen LogP contribution in [0.3, 0.4) is 0 Å². The van der Waals surface area contributed by atoms with Gasteiger partial charge >= 0.3 is 0 Å². The van der Waals surface area contributed by atoms with Gasteiger partial charge in [-0.25, -0.2) is 8.42 Å². The second-order valence-corrected chi connectivity index (χ2v) is 6.97. The van der Waals surface area contributed by atoms with Crippen LogP contribution in [0.1, 0.15) is 12.0 Å². The molecule has 0 aromatic heterocycles. The molecule has 1 aromatic rings. The molecule has 0 unspecified atom stereocenters. The summed E-state index contributed by atoms with van der Waals surface area (Å²) in [5.41, 5.74) is 0.724. The molecule has 1 heterocycles. The minimum atomic E-state index is -2.95. The normalized spacial score (nSPS) is 19.8. The first kappa shape index (κ1) is 14.0. The van der Waals surface area contributed by atoms with Gasteiger partial charge in [0.15, 0.2) is 9.84 Å². The Morgan fingerprint density at radius 1 is 1.21 bits per heavy atom. The van der Waals surface area contributed by atoms with Crippen molar-refractivity contribution in [1.82, 2.24) is 4.90 Å². The zero-order valence-electron chi connectivity index (χ0n) is 10.5. The molecule has 0 amide bonds. The van der Waals surface area contributed by atoms with E-state index >= 15 is 0 Å². The van der Waals surface area contributed by atoms with E-state index < -0.39 is 14.8 Å². The third kappa shape index (κ3) is 3.74. The Labute approximate surface area is 112 Å². The van der Waals surface area contributed by atoms with E-state index in [4.69, 9.17) is 0 Å². The quantitative estimate of drug-likeness (QED) is 0.615. The Bertz CT molecular complexity index is 571. The van der Waals surface area contributed by atoms with Gasteiger partial charge in [0.2, 0.25) is 0 Å². The van der Waals surface area contributed by atoms with Crippen LogP contribution in [0.2, 0.25) is 0 Å². The SMILES string of the molecule is O=[N+]([O-])c1ccccc1CN1CCCS(=O)(=O)CC1.